The van der Waals surface area contributed by atoms with Gasteiger partial charge in [0.2, 0.25) is 0 Å². The van der Waals surface area contributed by atoms with Crippen LogP contribution in [0.5, 0.6) is 0 Å². The lowest BCUT2D eigenvalue weighted by Gasteiger charge is -2.36. The Balaban J connectivity index is 1.67. The molecule has 1 aromatic carbocycles. The summed E-state index contributed by atoms with van der Waals surface area (Å²) in [5, 5.41) is 4.26. The highest BCUT2D eigenvalue weighted by molar-refractivity contribution is 5.92. The van der Waals surface area contributed by atoms with Crippen LogP contribution in [-0.4, -0.2) is 46.8 Å². The van der Waals surface area contributed by atoms with Crippen LogP contribution in [0.1, 0.15) is 21.7 Å². The van der Waals surface area contributed by atoms with Gasteiger partial charge in [-0.3, -0.25) is 9.48 Å². The third kappa shape index (κ3) is 2.84. The van der Waals surface area contributed by atoms with Crippen LogP contribution in [0, 0.1) is 13.8 Å². The van der Waals surface area contributed by atoms with Crippen LogP contribution in [0.25, 0.3) is 0 Å². The maximum atomic E-state index is 12.6. The Morgan fingerprint density at radius 2 is 1.82 bits per heavy atom. The molecule has 1 aliphatic rings. The van der Waals surface area contributed by atoms with Gasteiger partial charge in [-0.2, -0.15) is 5.10 Å². The standard InChI is InChI=1S/C17H22N4O/c1-13-5-4-6-15(11-13)20-7-9-21(10-8-20)17(22)16-12-14(2)18-19(16)3/h4-6,11-12H,7-10H2,1-3H3. The van der Waals surface area contributed by atoms with Crippen LogP contribution >= 0.6 is 0 Å². The van der Waals surface area contributed by atoms with Crippen LogP contribution < -0.4 is 4.90 Å². The van der Waals surface area contributed by atoms with E-state index < -0.39 is 0 Å². The van der Waals surface area contributed by atoms with Gasteiger partial charge >= 0.3 is 0 Å². The molecule has 1 saturated heterocycles. The fourth-order valence-electron chi connectivity index (χ4n) is 2.97. The second-order valence-corrected chi connectivity index (χ2v) is 5.91. The zero-order chi connectivity index (χ0) is 15.7. The van der Waals surface area contributed by atoms with Crippen molar-refractivity contribution in [1.29, 1.82) is 0 Å². The minimum Gasteiger partial charge on any atom is -0.368 e. The fourth-order valence-corrected chi connectivity index (χ4v) is 2.97. The topological polar surface area (TPSA) is 41.4 Å². The second kappa shape index (κ2) is 5.83. The number of rotatable bonds is 2. The van der Waals surface area contributed by atoms with Gasteiger partial charge < -0.3 is 9.80 Å². The third-order valence-corrected chi connectivity index (χ3v) is 4.15. The smallest absolute Gasteiger partial charge is 0.272 e. The van der Waals surface area contributed by atoms with Crippen molar-refractivity contribution in [2.45, 2.75) is 13.8 Å². The third-order valence-electron chi connectivity index (χ3n) is 4.15. The molecule has 3 rings (SSSR count). The molecule has 2 aromatic rings. The predicted octanol–water partition coefficient (Wildman–Crippen LogP) is 2.00. The molecule has 0 unspecified atom stereocenters. The van der Waals surface area contributed by atoms with Crippen molar-refractivity contribution in [1.82, 2.24) is 14.7 Å². The van der Waals surface area contributed by atoms with E-state index in [9.17, 15) is 4.79 Å². The van der Waals surface area contributed by atoms with Gasteiger partial charge in [-0.15, -0.1) is 0 Å². The Bertz CT molecular complexity index is 684. The first-order chi connectivity index (χ1) is 10.5. The zero-order valence-electron chi connectivity index (χ0n) is 13.4. The molecule has 0 aliphatic carbocycles. The zero-order valence-corrected chi connectivity index (χ0v) is 13.4. The molecule has 0 bridgehead atoms. The van der Waals surface area contributed by atoms with Gasteiger partial charge in [-0.05, 0) is 37.6 Å². The second-order valence-electron chi connectivity index (χ2n) is 5.91. The van der Waals surface area contributed by atoms with Crippen molar-refractivity contribution in [3.05, 3.63) is 47.3 Å². The average Bonchev–Trinajstić information content (AvgIpc) is 2.85. The van der Waals surface area contributed by atoms with Crippen molar-refractivity contribution in [3.8, 4) is 0 Å². The van der Waals surface area contributed by atoms with Crippen LogP contribution in [0.4, 0.5) is 5.69 Å². The van der Waals surface area contributed by atoms with Crippen molar-refractivity contribution < 1.29 is 4.79 Å². The molecule has 5 nitrogen and oxygen atoms in total. The first-order valence-corrected chi connectivity index (χ1v) is 7.66. The highest BCUT2D eigenvalue weighted by Crippen LogP contribution is 2.18. The summed E-state index contributed by atoms with van der Waals surface area (Å²) in [6, 6.07) is 10.4. The summed E-state index contributed by atoms with van der Waals surface area (Å²) < 4.78 is 1.67. The molecular formula is C17H22N4O. The Labute approximate surface area is 131 Å². The first kappa shape index (κ1) is 14.6. The van der Waals surface area contributed by atoms with Gasteiger partial charge in [0.15, 0.2) is 0 Å². The molecule has 0 N–H and O–H groups in total. The van der Waals surface area contributed by atoms with Crippen LogP contribution in [0.15, 0.2) is 30.3 Å². The van der Waals surface area contributed by atoms with E-state index in [4.69, 9.17) is 0 Å². The minimum absolute atomic E-state index is 0.0759. The Kier molecular flexibility index (Phi) is 3.88. The van der Waals surface area contributed by atoms with Crippen molar-refractivity contribution >= 4 is 11.6 Å². The number of carbonyl (C=O) groups excluding carboxylic acids is 1. The molecule has 1 amide bonds. The SMILES string of the molecule is Cc1cccc(N2CCN(C(=O)c3cc(C)nn3C)CC2)c1. The maximum Gasteiger partial charge on any atom is 0.272 e. The quantitative estimate of drug-likeness (QED) is 0.851. The van der Waals surface area contributed by atoms with Crippen molar-refractivity contribution in [3.63, 3.8) is 0 Å². The van der Waals surface area contributed by atoms with E-state index in [1.807, 2.05) is 24.9 Å². The van der Waals surface area contributed by atoms with Crippen LogP contribution in [0.3, 0.4) is 0 Å². The number of aryl methyl sites for hydroxylation is 3. The molecule has 1 aromatic heterocycles. The summed E-state index contributed by atoms with van der Waals surface area (Å²) in [6.45, 7) is 7.24. The molecule has 0 radical (unpaired) electrons. The Hall–Kier alpha value is -2.30. The molecule has 1 fully saturated rings. The van der Waals surface area contributed by atoms with E-state index in [1.165, 1.54) is 11.3 Å². The summed E-state index contributed by atoms with van der Waals surface area (Å²) in [5.41, 5.74) is 4.05. The monoisotopic (exact) mass is 298 g/mol. The number of piperazine rings is 1. The molecule has 0 spiro atoms. The van der Waals surface area contributed by atoms with Gasteiger partial charge in [0, 0.05) is 38.9 Å². The summed E-state index contributed by atoms with van der Waals surface area (Å²) in [7, 11) is 1.82. The molecule has 22 heavy (non-hydrogen) atoms. The van der Waals surface area contributed by atoms with Gasteiger partial charge in [0.1, 0.15) is 5.69 Å². The summed E-state index contributed by atoms with van der Waals surface area (Å²) in [6.07, 6.45) is 0. The predicted molar refractivity (Wildman–Crippen MR) is 87.2 cm³/mol. The molecule has 116 valence electrons. The highest BCUT2D eigenvalue weighted by atomic mass is 16.2. The lowest BCUT2D eigenvalue weighted by molar-refractivity contribution is 0.0735. The highest BCUT2D eigenvalue weighted by Gasteiger charge is 2.24. The van der Waals surface area contributed by atoms with E-state index >= 15 is 0 Å². The van der Waals surface area contributed by atoms with E-state index in [2.05, 4.69) is 41.2 Å². The van der Waals surface area contributed by atoms with Crippen molar-refractivity contribution in [2.75, 3.05) is 31.1 Å². The van der Waals surface area contributed by atoms with E-state index in [-0.39, 0.29) is 5.91 Å². The molecular weight excluding hydrogens is 276 g/mol. The maximum absolute atomic E-state index is 12.6. The molecule has 5 heteroatoms. The van der Waals surface area contributed by atoms with Gasteiger partial charge in [0.25, 0.3) is 5.91 Å². The Morgan fingerprint density at radius 3 is 2.41 bits per heavy atom. The number of hydrogen-bond donors (Lipinski definition) is 0. The Morgan fingerprint density at radius 1 is 1.09 bits per heavy atom. The fraction of sp³-hybridized carbons (Fsp3) is 0.412. The van der Waals surface area contributed by atoms with E-state index in [0.29, 0.717) is 5.69 Å². The normalized spacial score (nSPS) is 15.2. The number of aromatic nitrogens is 2. The number of carbonyl (C=O) groups is 1. The van der Waals surface area contributed by atoms with Crippen LogP contribution in [-0.2, 0) is 7.05 Å². The van der Waals surface area contributed by atoms with Gasteiger partial charge in [-0.1, -0.05) is 12.1 Å². The molecule has 0 atom stereocenters. The summed E-state index contributed by atoms with van der Waals surface area (Å²) >= 11 is 0. The summed E-state index contributed by atoms with van der Waals surface area (Å²) in [4.78, 5) is 16.8. The number of amides is 1. The number of anilines is 1. The molecule has 2 heterocycles. The first-order valence-electron chi connectivity index (χ1n) is 7.66. The molecule has 0 saturated carbocycles. The van der Waals surface area contributed by atoms with E-state index in [0.717, 1.165) is 31.9 Å². The molecule has 1 aliphatic heterocycles. The lowest BCUT2D eigenvalue weighted by atomic mass is 10.2. The van der Waals surface area contributed by atoms with Crippen LogP contribution in [0.2, 0.25) is 0 Å². The van der Waals surface area contributed by atoms with E-state index in [1.54, 1.807) is 4.68 Å². The largest absolute Gasteiger partial charge is 0.368 e. The average molecular weight is 298 g/mol. The summed E-state index contributed by atoms with van der Waals surface area (Å²) in [5.74, 6) is 0.0759. The van der Waals surface area contributed by atoms with Gasteiger partial charge in [-0.25, -0.2) is 0 Å². The minimum atomic E-state index is 0.0759. The number of hydrogen-bond acceptors (Lipinski definition) is 3. The van der Waals surface area contributed by atoms with Crippen molar-refractivity contribution in [2.24, 2.45) is 7.05 Å². The van der Waals surface area contributed by atoms with Gasteiger partial charge in [0.05, 0.1) is 5.69 Å². The number of benzene rings is 1. The lowest BCUT2D eigenvalue weighted by Crippen LogP contribution is -2.49. The number of nitrogens with zero attached hydrogens (tertiary/aromatic N) is 4.